The van der Waals surface area contributed by atoms with E-state index in [1.807, 2.05) is 60.7 Å². The Morgan fingerprint density at radius 1 is 0.889 bits per heavy atom. The average Bonchev–Trinajstić information content (AvgIpc) is 3.18. The predicted octanol–water partition coefficient (Wildman–Crippen LogP) is 4.40. The summed E-state index contributed by atoms with van der Waals surface area (Å²) >= 11 is 0. The molecule has 6 nitrogen and oxygen atoms in total. The van der Waals surface area contributed by atoms with Gasteiger partial charge in [-0.3, -0.25) is 0 Å². The quantitative estimate of drug-likeness (QED) is 0.516. The first kappa shape index (κ1) is 15.5. The molecule has 4 N–H and O–H groups in total. The molecule has 1 aliphatic rings. The van der Waals surface area contributed by atoms with Gasteiger partial charge in [0.25, 0.3) is 0 Å². The van der Waals surface area contributed by atoms with Gasteiger partial charge in [0.2, 0.25) is 11.8 Å². The molecular formula is C21H16N4O2. The highest BCUT2D eigenvalue weighted by Gasteiger charge is 2.15. The summed E-state index contributed by atoms with van der Waals surface area (Å²) in [5.41, 5.74) is 17.6. The van der Waals surface area contributed by atoms with E-state index in [2.05, 4.69) is 9.97 Å². The Balaban J connectivity index is 1.57. The second kappa shape index (κ2) is 5.88. The SMILES string of the molecule is NC1=CCC(c2nc3cc4nc(-c5cccc(N)c5)oc4cc3o2)=CC=C1. The fourth-order valence-electron chi connectivity index (χ4n) is 3.08. The normalized spacial score (nSPS) is 14.4. The Labute approximate surface area is 154 Å². The number of allylic oxidation sites excluding steroid dienone is 5. The minimum absolute atomic E-state index is 0.516. The monoisotopic (exact) mass is 356 g/mol. The Morgan fingerprint density at radius 3 is 2.48 bits per heavy atom. The van der Waals surface area contributed by atoms with Gasteiger partial charge in [-0.1, -0.05) is 24.3 Å². The number of benzene rings is 2. The zero-order valence-electron chi connectivity index (χ0n) is 14.3. The predicted molar refractivity (Wildman–Crippen MR) is 105 cm³/mol. The highest BCUT2D eigenvalue weighted by Crippen LogP contribution is 2.31. The van der Waals surface area contributed by atoms with Crippen LogP contribution in [0.15, 0.2) is 75.2 Å². The minimum atomic E-state index is 0.516. The van der Waals surface area contributed by atoms with E-state index in [1.54, 1.807) is 0 Å². The Kier molecular flexibility index (Phi) is 3.36. The van der Waals surface area contributed by atoms with Crippen molar-refractivity contribution >= 4 is 33.5 Å². The molecule has 2 aromatic carbocycles. The molecule has 2 heterocycles. The van der Waals surface area contributed by atoms with Gasteiger partial charge in [0.05, 0.1) is 0 Å². The van der Waals surface area contributed by atoms with Gasteiger partial charge < -0.3 is 20.3 Å². The number of nitrogens with zero attached hydrogens (tertiary/aromatic N) is 2. The van der Waals surface area contributed by atoms with Crippen molar-refractivity contribution in [2.24, 2.45) is 5.73 Å². The lowest BCUT2D eigenvalue weighted by molar-refractivity contribution is 0.580. The van der Waals surface area contributed by atoms with Crippen molar-refractivity contribution in [3.05, 3.63) is 72.3 Å². The molecule has 1 aliphatic carbocycles. The second-order valence-corrected chi connectivity index (χ2v) is 6.41. The van der Waals surface area contributed by atoms with Crippen LogP contribution in [0.1, 0.15) is 12.3 Å². The molecule has 0 spiro atoms. The third-order valence-corrected chi connectivity index (χ3v) is 4.45. The maximum Gasteiger partial charge on any atom is 0.227 e. The van der Waals surface area contributed by atoms with E-state index in [1.165, 1.54) is 0 Å². The number of rotatable bonds is 2. The zero-order chi connectivity index (χ0) is 18.4. The largest absolute Gasteiger partial charge is 0.436 e. The molecule has 2 aromatic heterocycles. The number of hydrogen-bond donors (Lipinski definition) is 2. The van der Waals surface area contributed by atoms with Crippen LogP contribution in [0.3, 0.4) is 0 Å². The molecule has 0 radical (unpaired) electrons. The van der Waals surface area contributed by atoms with Gasteiger partial charge in [-0.15, -0.1) is 0 Å². The summed E-state index contributed by atoms with van der Waals surface area (Å²) in [7, 11) is 0. The lowest BCUT2D eigenvalue weighted by Gasteiger charge is -1.96. The molecular weight excluding hydrogens is 340 g/mol. The van der Waals surface area contributed by atoms with Crippen LogP contribution in [0.2, 0.25) is 0 Å². The van der Waals surface area contributed by atoms with Gasteiger partial charge in [0.15, 0.2) is 11.2 Å². The first-order valence-corrected chi connectivity index (χ1v) is 8.56. The van der Waals surface area contributed by atoms with Crippen molar-refractivity contribution in [2.45, 2.75) is 6.42 Å². The lowest BCUT2D eigenvalue weighted by Crippen LogP contribution is -1.91. The Bertz CT molecular complexity index is 1220. The van der Waals surface area contributed by atoms with Gasteiger partial charge >= 0.3 is 0 Å². The van der Waals surface area contributed by atoms with Crippen molar-refractivity contribution in [3.8, 4) is 11.5 Å². The Morgan fingerprint density at radius 2 is 1.67 bits per heavy atom. The molecule has 0 bridgehead atoms. The van der Waals surface area contributed by atoms with Crippen LogP contribution in [0.5, 0.6) is 0 Å². The Hall–Kier alpha value is -3.80. The number of anilines is 1. The van der Waals surface area contributed by atoms with E-state index < -0.39 is 0 Å². The van der Waals surface area contributed by atoms with Crippen LogP contribution >= 0.6 is 0 Å². The van der Waals surface area contributed by atoms with Crippen molar-refractivity contribution < 1.29 is 8.83 Å². The molecule has 4 aromatic rings. The van der Waals surface area contributed by atoms with Gasteiger partial charge in [-0.25, -0.2) is 9.97 Å². The lowest BCUT2D eigenvalue weighted by atomic mass is 10.2. The van der Waals surface area contributed by atoms with Crippen molar-refractivity contribution in [2.75, 3.05) is 5.73 Å². The van der Waals surface area contributed by atoms with Crippen molar-refractivity contribution in [1.29, 1.82) is 0 Å². The summed E-state index contributed by atoms with van der Waals surface area (Å²) in [6, 6.07) is 11.1. The summed E-state index contributed by atoms with van der Waals surface area (Å²) in [6.07, 6.45) is 8.31. The van der Waals surface area contributed by atoms with Gasteiger partial charge in [-0.05, 0) is 36.8 Å². The number of nitrogen functional groups attached to an aromatic ring is 1. The molecule has 0 amide bonds. The fraction of sp³-hybridized carbons (Fsp3) is 0.0476. The molecule has 0 unspecified atom stereocenters. The number of aromatic nitrogens is 2. The maximum atomic E-state index is 5.95. The van der Waals surface area contributed by atoms with Crippen LogP contribution in [-0.4, -0.2) is 9.97 Å². The average molecular weight is 356 g/mol. The smallest absolute Gasteiger partial charge is 0.227 e. The molecule has 5 rings (SSSR count). The number of hydrogen-bond acceptors (Lipinski definition) is 6. The molecule has 0 atom stereocenters. The minimum Gasteiger partial charge on any atom is -0.436 e. The van der Waals surface area contributed by atoms with E-state index in [0.29, 0.717) is 35.1 Å². The summed E-state index contributed by atoms with van der Waals surface area (Å²) < 4.78 is 11.8. The highest BCUT2D eigenvalue weighted by molar-refractivity contribution is 5.91. The standard InChI is InChI=1S/C21H16N4O2/c22-14-5-1-3-12(7-8-14)20-24-16-10-17-19(11-18(16)26-20)27-21(25-17)13-4-2-6-15(23)9-13/h1-6,8-11H,7,22-23H2. The number of nitrogens with two attached hydrogens (primary N) is 2. The molecule has 0 saturated carbocycles. The maximum absolute atomic E-state index is 5.95. The summed E-state index contributed by atoms with van der Waals surface area (Å²) in [6.45, 7) is 0. The topological polar surface area (TPSA) is 104 Å². The van der Waals surface area contributed by atoms with Crippen molar-refractivity contribution in [3.63, 3.8) is 0 Å². The van der Waals surface area contributed by atoms with Gasteiger partial charge in [0, 0.05) is 28.6 Å². The van der Waals surface area contributed by atoms with Crippen LogP contribution in [0.25, 0.3) is 39.2 Å². The van der Waals surface area contributed by atoms with Crippen LogP contribution in [-0.2, 0) is 0 Å². The number of oxazole rings is 2. The third-order valence-electron chi connectivity index (χ3n) is 4.45. The first-order valence-electron chi connectivity index (χ1n) is 8.56. The van der Waals surface area contributed by atoms with Gasteiger partial charge in [-0.2, -0.15) is 0 Å². The van der Waals surface area contributed by atoms with E-state index in [-0.39, 0.29) is 0 Å². The number of fused-ring (bicyclic) bond motifs is 2. The fourth-order valence-corrected chi connectivity index (χ4v) is 3.08. The zero-order valence-corrected chi connectivity index (χ0v) is 14.3. The van der Waals surface area contributed by atoms with E-state index >= 15 is 0 Å². The van der Waals surface area contributed by atoms with Crippen LogP contribution in [0.4, 0.5) is 5.69 Å². The molecule has 132 valence electrons. The van der Waals surface area contributed by atoms with Gasteiger partial charge in [0.1, 0.15) is 11.0 Å². The molecule has 0 aliphatic heterocycles. The van der Waals surface area contributed by atoms with Crippen LogP contribution in [0, 0.1) is 0 Å². The highest BCUT2D eigenvalue weighted by atomic mass is 16.4. The van der Waals surface area contributed by atoms with Crippen LogP contribution < -0.4 is 11.5 Å². The van der Waals surface area contributed by atoms with Crippen molar-refractivity contribution in [1.82, 2.24) is 9.97 Å². The summed E-state index contributed by atoms with van der Waals surface area (Å²) in [5, 5.41) is 0. The van der Waals surface area contributed by atoms with E-state index in [9.17, 15) is 0 Å². The van der Waals surface area contributed by atoms with E-state index in [4.69, 9.17) is 20.3 Å². The molecule has 27 heavy (non-hydrogen) atoms. The second-order valence-electron chi connectivity index (χ2n) is 6.41. The first-order chi connectivity index (χ1) is 13.2. The third kappa shape index (κ3) is 2.77. The summed E-state index contributed by atoms with van der Waals surface area (Å²) in [5.74, 6) is 1.09. The summed E-state index contributed by atoms with van der Waals surface area (Å²) in [4.78, 5) is 9.17. The molecule has 6 heteroatoms. The van der Waals surface area contributed by atoms with E-state index in [0.717, 1.165) is 27.9 Å². The molecule has 0 fully saturated rings. The molecule has 0 saturated heterocycles.